The molecule has 0 spiro atoms. The first-order valence-electron chi connectivity index (χ1n) is 12.0. The molecule has 35 heavy (non-hydrogen) atoms. The van der Waals surface area contributed by atoms with Crippen LogP contribution in [-0.2, 0) is 15.6 Å². The van der Waals surface area contributed by atoms with Gasteiger partial charge in [0.15, 0.2) is 0 Å². The normalized spacial score (nSPS) is 16.5. The number of nitrogens with one attached hydrogen (secondary N) is 1. The van der Waals surface area contributed by atoms with E-state index in [1.807, 2.05) is 65.6 Å². The van der Waals surface area contributed by atoms with Crippen LogP contribution in [0, 0.1) is 0 Å². The average molecular weight is 487 g/mol. The predicted molar refractivity (Wildman–Crippen MR) is 147 cm³/mol. The average Bonchev–Trinajstić information content (AvgIpc) is 3.20. The Balaban J connectivity index is 1.47. The Morgan fingerprint density at radius 3 is 1.83 bits per heavy atom. The Morgan fingerprint density at radius 2 is 1.31 bits per heavy atom. The highest BCUT2D eigenvalue weighted by Gasteiger charge is 2.34. The molecule has 0 aliphatic carbocycles. The SMILES string of the molecule is CC(C)(C)c1ccc(C(=O)Nc2ccc([C@@H]3SCC(=O)N3c3ccc(C(C)(C)C)cc3)cc2)cc1. The van der Waals surface area contributed by atoms with E-state index in [2.05, 4.69) is 59.0 Å². The first-order chi connectivity index (χ1) is 16.4. The van der Waals surface area contributed by atoms with E-state index in [1.165, 1.54) is 11.1 Å². The second kappa shape index (κ2) is 9.54. The van der Waals surface area contributed by atoms with Gasteiger partial charge in [-0.1, -0.05) is 77.9 Å². The molecule has 1 heterocycles. The summed E-state index contributed by atoms with van der Waals surface area (Å²) in [6.07, 6.45) is 0. The number of nitrogens with zero attached hydrogens (tertiary/aromatic N) is 1. The van der Waals surface area contributed by atoms with Gasteiger partial charge in [0.05, 0.1) is 5.75 Å². The number of benzene rings is 3. The van der Waals surface area contributed by atoms with E-state index in [1.54, 1.807) is 11.8 Å². The molecular weight excluding hydrogens is 452 g/mol. The number of hydrogen-bond donors (Lipinski definition) is 1. The van der Waals surface area contributed by atoms with Gasteiger partial charge in [-0.25, -0.2) is 0 Å². The van der Waals surface area contributed by atoms with Gasteiger partial charge in [-0.05, 0) is 63.9 Å². The molecule has 1 aliphatic heterocycles. The largest absolute Gasteiger partial charge is 0.322 e. The van der Waals surface area contributed by atoms with Crippen molar-refractivity contribution in [1.82, 2.24) is 0 Å². The third-order valence-electron chi connectivity index (χ3n) is 6.35. The van der Waals surface area contributed by atoms with Crippen molar-refractivity contribution >= 4 is 35.0 Å². The Bertz CT molecular complexity index is 1200. The van der Waals surface area contributed by atoms with Crippen molar-refractivity contribution in [3.8, 4) is 0 Å². The van der Waals surface area contributed by atoms with Gasteiger partial charge in [0.2, 0.25) is 5.91 Å². The molecule has 0 radical (unpaired) electrons. The number of anilines is 2. The number of rotatable bonds is 4. The van der Waals surface area contributed by atoms with Crippen LogP contribution >= 0.6 is 11.8 Å². The molecule has 182 valence electrons. The van der Waals surface area contributed by atoms with Crippen LogP contribution in [0.2, 0.25) is 0 Å². The lowest BCUT2D eigenvalue weighted by Crippen LogP contribution is -2.28. The minimum atomic E-state index is -0.135. The lowest BCUT2D eigenvalue weighted by Gasteiger charge is -2.26. The fourth-order valence-corrected chi connectivity index (χ4v) is 5.31. The molecular formula is C30H34N2O2S. The van der Waals surface area contributed by atoms with Crippen LogP contribution in [0.3, 0.4) is 0 Å². The van der Waals surface area contributed by atoms with E-state index < -0.39 is 0 Å². The summed E-state index contributed by atoms with van der Waals surface area (Å²) in [4.78, 5) is 27.3. The van der Waals surface area contributed by atoms with Crippen LogP contribution in [0.15, 0.2) is 72.8 Å². The molecule has 0 aromatic heterocycles. The van der Waals surface area contributed by atoms with Gasteiger partial charge in [-0.15, -0.1) is 11.8 Å². The highest BCUT2D eigenvalue weighted by Crippen LogP contribution is 2.42. The van der Waals surface area contributed by atoms with Gasteiger partial charge in [0.25, 0.3) is 5.91 Å². The molecule has 1 fully saturated rings. The van der Waals surface area contributed by atoms with E-state index in [4.69, 9.17) is 0 Å². The molecule has 1 saturated heterocycles. The lowest BCUT2D eigenvalue weighted by atomic mass is 9.87. The number of carbonyl (C=O) groups excluding carboxylic acids is 2. The maximum absolute atomic E-state index is 12.7. The van der Waals surface area contributed by atoms with Crippen LogP contribution in [0.25, 0.3) is 0 Å². The van der Waals surface area contributed by atoms with E-state index in [0.29, 0.717) is 11.3 Å². The van der Waals surface area contributed by atoms with Crippen molar-refractivity contribution in [3.05, 3.63) is 95.1 Å². The monoisotopic (exact) mass is 486 g/mol. The maximum atomic E-state index is 12.7. The minimum Gasteiger partial charge on any atom is -0.322 e. The number of thioether (sulfide) groups is 1. The Labute approximate surface area is 213 Å². The van der Waals surface area contributed by atoms with E-state index in [0.717, 1.165) is 16.9 Å². The fourth-order valence-electron chi connectivity index (χ4n) is 4.13. The summed E-state index contributed by atoms with van der Waals surface area (Å²) in [5.41, 5.74) is 5.86. The molecule has 4 nitrogen and oxygen atoms in total. The van der Waals surface area contributed by atoms with Gasteiger partial charge in [-0.2, -0.15) is 0 Å². The Kier molecular flexibility index (Phi) is 6.83. The molecule has 0 saturated carbocycles. The molecule has 1 aliphatic rings. The smallest absolute Gasteiger partial charge is 0.255 e. The highest BCUT2D eigenvalue weighted by atomic mass is 32.2. The summed E-state index contributed by atoms with van der Waals surface area (Å²) >= 11 is 1.63. The van der Waals surface area contributed by atoms with Crippen LogP contribution < -0.4 is 10.2 Å². The topological polar surface area (TPSA) is 49.4 Å². The third kappa shape index (κ3) is 5.62. The van der Waals surface area contributed by atoms with Crippen molar-refractivity contribution < 1.29 is 9.59 Å². The Hall–Kier alpha value is -3.05. The summed E-state index contributed by atoms with van der Waals surface area (Å²) in [5, 5.41) is 2.89. The third-order valence-corrected chi connectivity index (χ3v) is 7.56. The molecule has 1 atom stereocenters. The molecule has 3 aromatic carbocycles. The number of amides is 2. The van der Waals surface area contributed by atoms with E-state index in [9.17, 15) is 9.59 Å². The first kappa shape index (κ1) is 25.1. The van der Waals surface area contributed by atoms with E-state index >= 15 is 0 Å². The van der Waals surface area contributed by atoms with Crippen LogP contribution in [-0.4, -0.2) is 17.6 Å². The van der Waals surface area contributed by atoms with Crippen molar-refractivity contribution in [2.45, 2.75) is 57.7 Å². The standard InChI is InChI=1S/C30H34N2O2S/c1-29(2,3)22-11-7-20(8-12-22)27(34)31-24-15-9-21(10-16-24)28-32(26(33)19-35-28)25-17-13-23(14-18-25)30(4,5)6/h7-18,28H,19H2,1-6H3,(H,31,34)/t28-/m0/s1. The van der Waals surface area contributed by atoms with Crippen molar-refractivity contribution in [1.29, 1.82) is 0 Å². The molecule has 0 bridgehead atoms. The molecule has 3 aromatic rings. The van der Waals surface area contributed by atoms with Crippen molar-refractivity contribution in [2.75, 3.05) is 16.0 Å². The molecule has 0 unspecified atom stereocenters. The van der Waals surface area contributed by atoms with Gasteiger partial charge in [-0.3, -0.25) is 14.5 Å². The summed E-state index contributed by atoms with van der Waals surface area (Å²) < 4.78 is 0. The second-order valence-electron chi connectivity index (χ2n) is 11.1. The van der Waals surface area contributed by atoms with Crippen LogP contribution in [0.4, 0.5) is 11.4 Å². The maximum Gasteiger partial charge on any atom is 0.255 e. The molecule has 4 rings (SSSR count). The second-order valence-corrected chi connectivity index (χ2v) is 12.2. The molecule has 5 heteroatoms. The zero-order valence-electron chi connectivity index (χ0n) is 21.4. The summed E-state index contributed by atoms with van der Waals surface area (Å²) in [7, 11) is 0. The zero-order valence-corrected chi connectivity index (χ0v) is 22.2. The predicted octanol–water partition coefficient (Wildman–Crippen LogP) is 7.31. The van der Waals surface area contributed by atoms with E-state index in [-0.39, 0.29) is 28.0 Å². The number of carbonyl (C=O) groups is 2. The summed E-state index contributed by atoms with van der Waals surface area (Å²) in [6, 6.07) is 23.8. The fraction of sp³-hybridized carbons (Fsp3) is 0.333. The molecule has 1 N–H and O–H groups in total. The molecule has 2 amide bonds. The van der Waals surface area contributed by atoms with Crippen LogP contribution in [0.1, 0.15) is 74.0 Å². The first-order valence-corrected chi connectivity index (χ1v) is 13.0. The minimum absolute atomic E-state index is 0.0486. The van der Waals surface area contributed by atoms with Gasteiger partial charge in [0.1, 0.15) is 5.37 Å². The van der Waals surface area contributed by atoms with Gasteiger partial charge in [0, 0.05) is 16.9 Å². The zero-order chi connectivity index (χ0) is 25.4. The highest BCUT2D eigenvalue weighted by molar-refractivity contribution is 8.00. The van der Waals surface area contributed by atoms with Gasteiger partial charge < -0.3 is 5.32 Å². The lowest BCUT2D eigenvalue weighted by molar-refractivity contribution is -0.115. The number of hydrogen-bond acceptors (Lipinski definition) is 3. The van der Waals surface area contributed by atoms with Crippen molar-refractivity contribution in [2.24, 2.45) is 0 Å². The quantitative estimate of drug-likeness (QED) is 0.420. The van der Waals surface area contributed by atoms with Crippen molar-refractivity contribution in [3.63, 3.8) is 0 Å². The Morgan fingerprint density at radius 1 is 0.800 bits per heavy atom. The summed E-state index contributed by atoms with van der Waals surface area (Å²) in [5.74, 6) is 0.429. The van der Waals surface area contributed by atoms with Crippen LogP contribution in [0.5, 0.6) is 0 Å². The van der Waals surface area contributed by atoms with Gasteiger partial charge >= 0.3 is 0 Å². The summed E-state index contributed by atoms with van der Waals surface area (Å²) in [6.45, 7) is 13.0.